The number of aromatic nitrogens is 2. The summed E-state index contributed by atoms with van der Waals surface area (Å²) in [7, 11) is 2.88. The Balaban J connectivity index is 1.84. The second-order valence-corrected chi connectivity index (χ2v) is 8.37. The highest BCUT2D eigenvalue weighted by Crippen LogP contribution is 2.44. The Labute approximate surface area is 193 Å². The molecule has 1 atom stereocenters. The van der Waals surface area contributed by atoms with Gasteiger partial charge in [0.25, 0.3) is 0 Å². The molecular formula is C22H21ClN2O6S. The SMILES string of the molecule is COCCCOc1cc2c(cc1C)-c1cc(=O)c(C(=O)OC)cn1[C@H](c1scnc1Cl)O2. The number of ether oxygens (including phenoxy) is 4. The number of carbonyl (C=O) groups is 1. The topological polar surface area (TPSA) is 88.9 Å². The van der Waals surface area contributed by atoms with Gasteiger partial charge in [-0.25, -0.2) is 9.78 Å². The van der Waals surface area contributed by atoms with Crippen LogP contribution in [0.25, 0.3) is 11.3 Å². The fraction of sp³-hybridized carbons (Fsp3) is 0.318. The molecule has 1 aromatic carbocycles. The van der Waals surface area contributed by atoms with Crippen molar-refractivity contribution in [2.45, 2.75) is 19.6 Å². The van der Waals surface area contributed by atoms with Gasteiger partial charge in [0, 0.05) is 44.0 Å². The zero-order valence-electron chi connectivity index (χ0n) is 17.7. The van der Waals surface area contributed by atoms with Gasteiger partial charge in [-0.2, -0.15) is 0 Å². The molecule has 32 heavy (non-hydrogen) atoms. The number of thiazole rings is 1. The maximum absolute atomic E-state index is 12.7. The Bertz CT molecular complexity index is 1220. The molecule has 2 aromatic heterocycles. The Hall–Kier alpha value is -2.88. The van der Waals surface area contributed by atoms with Crippen molar-refractivity contribution in [2.75, 3.05) is 27.4 Å². The van der Waals surface area contributed by atoms with E-state index in [9.17, 15) is 9.59 Å². The summed E-state index contributed by atoms with van der Waals surface area (Å²) in [6.45, 7) is 3.02. The van der Waals surface area contributed by atoms with Crippen molar-refractivity contribution in [2.24, 2.45) is 0 Å². The van der Waals surface area contributed by atoms with E-state index in [1.165, 1.54) is 30.7 Å². The van der Waals surface area contributed by atoms with Crippen molar-refractivity contribution in [1.29, 1.82) is 0 Å². The summed E-state index contributed by atoms with van der Waals surface area (Å²) in [5.41, 5.74) is 3.26. The fourth-order valence-corrected chi connectivity index (χ4v) is 4.52. The minimum atomic E-state index is -0.721. The van der Waals surface area contributed by atoms with Crippen LogP contribution in [0.2, 0.25) is 5.15 Å². The molecule has 0 spiro atoms. The molecule has 0 amide bonds. The number of aryl methyl sites for hydroxylation is 1. The van der Waals surface area contributed by atoms with E-state index in [1.807, 2.05) is 19.1 Å². The van der Waals surface area contributed by atoms with E-state index in [0.717, 1.165) is 12.0 Å². The number of hydrogen-bond donors (Lipinski definition) is 0. The van der Waals surface area contributed by atoms with Crippen molar-refractivity contribution in [3.63, 3.8) is 0 Å². The summed E-state index contributed by atoms with van der Waals surface area (Å²) < 4.78 is 23.7. The molecule has 0 saturated carbocycles. The van der Waals surface area contributed by atoms with Crippen LogP contribution in [-0.4, -0.2) is 43.0 Å². The summed E-state index contributed by atoms with van der Waals surface area (Å²) in [5.74, 6) is 0.495. The minimum absolute atomic E-state index is 0.0937. The molecule has 0 fully saturated rings. The van der Waals surface area contributed by atoms with Crippen LogP contribution >= 0.6 is 22.9 Å². The van der Waals surface area contributed by atoms with Gasteiger partial charge in [-0.05, 0) is 18.6 Å². The Morgan fingerprint density at radius 1 is 1.28 bits per heavy atom. The number of methoxy groups -OCH3 is 2. The number of carbonyl (C=O) groups excluding carboxylic acids is 1. The third kappa shape index (κ3) is 4.11. The van der Waals surface area contributed by atoms with Gasteiger partial charge in [-0.3, -0.25) is 4.79 Å². The standard InChI is InChI=1S/C22H21ClN2O6S/c1-12-7-13-15-8-16(26)14(22(27)29-3)10-25(15)21(19-20(23)24-11-32-19)31-18(13)9-17(12)30-6-4-5-28-2/h7-11,21H,4-6H2,1-3H3/t21-/m0/s1. The number of benzene rings is 1. The molecule has 1 aliphatic rings. The van der Waals surface area contributed by atoms with E-state index >= 15 is 0 Å². The van der Waals surface area contributed by atoms with Gasteiger partial charge in [0.1, 0.15) is 27.1 Å². The van der Waals surface area contributed by atoms with Gasteiger partial charge >= 0.3 is 5.97 Å². The minimum Gasteiger partial charge on any atom is -0.493 e. The van der Waals surface area contributed by atoms with Gasteiger partial charge in [-0.1, -0.05) is 11.6 Å². The monoisotopic (exact) mass is 476 g/mol. The highest BCUT2D eigenvalue weighted by Gasteiger charge is 2.31. The molecule has 0 unspecified atom stereocenters. The van der Waals surface area contributed by atoms with Gasteiger partial charge in [0.05, 0.1) is 24.9 Å². The molecule has 0 bridgehead atoms. The molecule has 0 radical (unpaired) electrons. The molecule has 0 aliphatic carbocycles. The summed E-state index contributed by atoms with van der Waals surface area (Å²) in [4.78, 5) is 29.6. The Kier molecular flexibility index (Phi) is 6.50. The van der Waals surface area contributed by atoms with Gasteiger partial charge in [0.2, 0.25) is 6.23 Å². The number of hydrogen-bond acceptors (Lipinski definition) is 8. The molecule has 4 rings (SSSR count). The number of pyridine rings is 1. The number of esters is 1. The maximum Gasteiger partial charge on any atom is 0.343 e. The lowest BCUT2D eigenvalue weighted by Gasteiger charge is -2.31. The van der Waals surface area contributed by atoms with Gasteiger partial charge in [0.15, 0.2) is 5.43 Å². The summed E-state index contributed by atoms with van der Waals surface area (Å²) in [6, 6.07) is 5.12. The van der Waals surface area contributed by atoms with Gasteiger partial charge in [-0.15, -0.1) is 11.3 Å². The molecule has 8 nitrogen and oxygen atoms in total. The van der Waals surface area contributed by atoms with E-state index in [1.54, 1.807) is 17.2 Å². The average Bonchev–Trinajstić information content (AvgIpc) is 3.21. The largest absolute Gasteiger partial charge is 0.493 e. The number of fused-ring (bicyclic) bond motifs is 3. The van der Waals surface area contributed by atoms with E-state index in [0.29, 0.717) is 40.8 Å². The lowest BCUT2D eigenvalue weighted by molar-refractivity contribution is 0.0597. The Morgan fingerprint density at radius 3 is 2.78 bits per heavy atom. The van der Waals surface area contributed by atoms with Crippen LogP contribution in [0.15, 0.2) is 34.7 Å². The Morgan fingerprint density at radius 2 is 2.09 bits per heavy atom. The molecule has 168 valence electrons. The van der Waals surface area contributed by atoms with Crippen LogP contribution in [-0.2, 0) is 9.47 Å². The van der Waals surface area contributed by atoms with Crippen LogP contribution in [0.1, 0.15) is 33.4 Å². The molecular weight excluding hydrogens is 456 g/mol. The van der Waals surface area contributed by atoms with E-state index < -0.39 is 17.6 Å². The van der Waals surface area contributed by atoms with Crippen molar-refractivity contribution in [1.82, 2.24) is 9.55 Å². The maximum atomic E-state index is 12.7. The molecule has 3 aromatic rings. The zero-order valence-corrected chi connectivity index (χ0v) is 19.3. The molecule has 1 aliphatic heterocycles. The molecule has 3 heterocycles. The lowest BCUT2D eigenvalue weighted by Crippen LogP contribution is -2.28. The van der Waals surface area contributed by atoms with Crippen molar-refractivity contribution >= 4 is 28.9 Å². The first-order chi connectivity index (χ1) is 15.4. The summed E-state index contributed by atoms with van der Waals surface area (Å²) >= 11 is 7.62. The predicted octanol–water partition coefficient (Wildman–Crippen LogP) is 4.07. The van der Waals surface area contributed by atoms with Crippen LogP contribution in [0.3, 0.4) is 0 Å². The normalized spacial score (nSPS) is 14.3. The van der Waals surface area contributed by atoms with Crippen LogP contribution in [0.4, 0.5) is 0 Å². The van der Waals surface area contributed by atoms with E-state index in [-0.39, 0.29) is 10.7 Å². The van der Waals surface area contributed by atoms with Crippen LogP contribution in [0.5, 0.6) is 11.5 Å². The van der Waals surface area contributed by atoms with Crippen LogP contribution < -0.4 is 14.9 Å². The fourth-order valence-electron chi connectivity index (χ4n) is 3.49. The summed E-state index contributed by atoms with van der Waals surface area (Å²) in [6.07, 6.45) is 1.48. The molecule has 0 saturated heterocycles. The van der Waals surface area contributed by atoms with Crippen molar-refractivity contribution in [3.8, 4) is 22.8 Å². The predicted molar refractivity (Wildman–Crippen MR) is 120 cm³/mol. The molecule has 0 N–H and O–H groups in total. The third-order valence-electron chi connectivity index (χ3n) is 5.05. The van der Waals surface area contributed by atoms with E-state index in [4.69, 9.17) is 30.5 Å². The zero-order chi connectivity index (χ0) is 22.8. The third-order valence-corrected chi connectivity index (χ3v) is 6.33. The average molecular weight is 477 g/mol. The number of rotatable bonds is 7. The van der Waals surface area contributed by atoms with Gasteiger partial charge < -0.3 is 23.5 Å². The van der Waals surface area contributed by atoms with Crippen molar-refractivity contribution < 1.29 is 23.7 Å². The molecule has 10 heteroatoms. The highest BCUT2D eigenvalue weighted by atomic mass is 35.5. The quantitative estimate of drug-likeness (QED) is 0.375. The second-order valence-electron chi connectivity index (χ2n) is 7.12. The van der Waals surface area contributed by atoms with Crippen LogP contribution in [0, 0.1) is 6.92 Å². The lowest BCUT2D eigenvalue weighted by atomic mass is 10.0. The smallest absolute Gasteiger partial charge is 0.343 e. The first kappa shape index (κ1) is 22.3. The second kappa shape index (κ2) is 9.32. The first-order valence-electron chi connectivity index (χ1n) is 9.81. The highest BCUT2D eigenvalue weighted by molar-refractivity contribution is 7.10. The number of halogens is 1. The van der Waals surface area contributed by atoms with Crippen molar-refractivity contribution in [3.05, 3.63) is 61.3 Å². The summed E-state index contributed by atoms with van der Waals surface area (Å²) in [5, 5.41) is 0.288. The number of nitrogens with zero attached hydrogens (tertiary/aromatic N) is 2. The van der Waals surface area contributed by atoms with E-state index in [2.05, 4.69) is 4.98 Å². The first-order valence-corrected chi connectivity index (χ1v) is 11.1.